The van der Waals surface area contributed by atoms with Gasteiger partial charge in [0.15, 0.2) is 5.78 Å². The van der Waals surface area contributed by atoms with Gasteiger partial charge in [-0.3, -0.25) is 9.59 Å². The van der Waals surface area contributed by atoms with Crippen molar-refractivity contribution < 1.29 is 9.59 Å². The van der Waals surface area contributed by atoms with E-state index in [1.165, 1.54) is 0 Å². The van der Waals surface area contributed by atoms with Gasteiger partial charge in [-0.15, -0.1) is 0 Å². The zero-order valence-corrected chi connectivity index (χ0v) is 11.3. The second-order valence-corrected chi connectivity index (χ2v) is 4.58. The van der Waals surface area contributed by atoms with Crippen molar-refractivity contribution in [3.05, 3.63) is 24.0 Å². The normalized spacial score (nSPS) is 17.0. The Hall–Kier alpha value is -1.58. The second-order valence-electron chi connectivity index (χ2n) is 4.58. The van der Waals surface area contributed by atoms with Gasteiger partial charge in [0, 0.05) is 25.7 Å². The number of allylic oxidation sites excluding steroid dienone is 2. The van der Waals surface area contributed by atoms with E-state index in [9.17, 15) is 9.59 Å². The van der Waals surface area contributed by atoms with E-state index in [2.05, 4.69) is 13.5 Å². The van der Waals surface area contributed by atoms with E-state index in [1.54, 1.807) is 11.8 Å². The molecule has 4 nitrogen and oxygen atoms in total. The van der Waals surface area contributed by atoms with E-state index in [4.69, 9.17) is 0 Å². The fourth-order valence-electron chi connectivity index (χ4n) is 2.05. The molecular weight excluding hydrogens is 228 g/mol. The zero-order chi connectivity index (χ0) is 13.5. The molecule has 0 aromatic carbocycles. The second kappa shape index (κ2) is 6.99. The van der Waals surface area contributed by atoms with Crippen LogP contribution in [0.4, 0.5) is 0 Å². The predicted molar refractivity (Wildman–Crippen MR) is 71.8 cm³/mol. The Labute approximate surface area is 109 Å². The van der Waals surface area contributed by atoms with Crippen LogP contribution in [0.3, 0.4) is 0 Å². The van der Waals surface area contributed by atoms with E-state index in [-0.39, 0.29) is 5.78 Å². The molecule has 0 bridgehead atoms. The van der Waals surface area contributed by atoms with Gasteiger partial charge in [-0.1, -0.05) is 26.0 Å². The van der Waals surface area contributed by atoms with Crippen LogP contribution in [0.2, 0.25) is 0 Å². The summed E-state index contributed by atoms with van der Waals surface area (Å²) in [5.41, 5.74) is 1.53. The molecule has 1 amide bonds. The molecule has 0 N–H and O–H groups in total. The third-order valence-corrected chi connectivity index (χ3v) is 3.07. The van der Waals surface area contributed by atoms with Crippen LogP contribution in [0.5, 0.6) is 0 Å². The predicted octanol–water partition coefficient (Wildman–Crippen LogP) is 1.94. The minimum absolute atomic E-state index is 0.0619. The maximum absolute atomic E-state index is 11.7. The lowest BCUT2D eigenvalue weighted by Gasteiger charge is -2.36. The molecule has 4 heteroatoms. The fraction of sp³-hybridized carbons (Fsp3) is 0.571. The van der Waals surface area contributed by atoms with Crippen molar-refractivity contribution in [3.8, 4) is 0 Å². The van der Waals surface area contributed by atoms with E-state index < -0.39 is 0 Å². The van der Waals surface area contributed by atoms with Crippen LogP contribution in [0.1, 0.15) is 33.1 Å². The first-order valence-corrected chi connectivity index (χ1v) is 6.46. The summed E-state index contributed by atoms with van der Waals surface area (Å²) in [7, 11) is 0. The van der Waals surface area contributed by atoms with Gasteiger partial charge in [-0.25, -0.2) is 0 Å². The van der Waals surface area contributed by atoms with E-state index >= 15 is 0 Å². The average molecular weight is 250 g/mol. The standard InChI is InChI=1S/C14H22N2O2/c1-4-5-6-7-14(13(3)18)16-9-8-15(11-17)10-12(16)2/h7,11H,2,4-6,8-10H2,1,3H3/b14-7-. The number of rotatable bonds is 6. The number of Topliss-reactive ketones (excluding diaryl/α,β-unsaturated/α-hetero) is 1. The third-order valence-electron chi connectivity index (χ3n) is 3.07. The molecular formula is C14H22N2O2. The van der Waals surface area contributed by atoms with Gasteiger partial charge in [0.2, 0.25) is 6.41 Å². The molecule has 18 heavy (non-hydrogen) atoms. The SMILES string of the molecule is C=C1CN(C=O)CCN1/C(=C\CCCC)C(C)=O. The van der Waals surface area contributed by atoms with Crippen LogP contribution in [0.15, 0.2) is 24.0 Å². The van der Waals surface area contributed by atoms with Gasteiger partial charge in [-0.2, -0.15) is 0 Å². The van der Waals surface area contributed by atoms with E-state index in [0.29, 0.717) is 19.6 Å². The Morgan fingerprint density at radius 2 is 2.17 bits per heavy atom. The number of piperazine rings is 1. The van der Waals surface area contributed by atoms with Gasteiger partial charge in [0.1, 0.15) is 0 Å². The first-order valence-electron chi connectivity index (χ1n) is 6.46. The van der Waals surface area contributed by atoms with Crippen LogP contribution < -0.4 is 0 Å². The fourth-order valence-corrected chi connectivity index (χ4v) is 2.05. The third kappa shape index (κ3) is 3.72. The molecule has 0 spiro atoms. The van der Waals surface area contributed by atoms with Crippen LogP contribution in [0, 0.1) is 0 Å². The first kappa shape index (κ1) is 14.5. The molecule has 0 aromatic rings. The summed E-state index contributed by atoms with van der Waals surface area (Å²) in [6.45, 7) is 9.46. The number of nitrogens with zero attached hydrogens (tertiary/aromatic N) is 2. The average Bonchev–Trinajstić information content (AvgIpc) is 2.35. The smallest absolute Gasteiger partial charge is 0.210 e. The van der Waals surface area contributed by atoms with Crippen molar-refractivity contribution in [3.63, 3.8) is 0 Å². The number of carbonyl (C=O) groups excluding carboxylic acids is 2. The number of hydrogen-bond acceptors (Lipinski definition) is 3. The van der Waals surface area contributed by atoms with Gasteiger partial charge >= 0.3 is 0 Å². The highest BCUT2D eigenvalue weighted by molar-refractivity contribution is 5.93. The van der Waals surface area contributed by atoms with Crippen molar-refractivity contribution >= 4 is 12.2 Å². The van der Waals surface area contributed by atoms with Crippen LogP contribution in [-0.4, -0.2) is 41.6 Å². The molecule has 0 radical (unpaired) electrons. The molecule has 0 unspecified atom stereocenters. The van der Waals surface area contributed by atoms with E-state index in [0.717, 1.165) is 37.1 Å². The molecule has 1 rings (SSSR count). The van der Waals surface area contributed by atoms with Gasteiger partial charge in [0.05, 0.1) is 12.2 Å². The lowest BCUT2D eigenvalue weighted by molar-refractivity contribution is -0.118. The summed E-state index contributed by atoms with van der Waals surface area (Å²) in [6, 6.07) is 0. The topological polar surface area (TPSA) is 40.6 Å². The number of hydrogen-bond donors (Lipinski definition) is 0. The highest BCUT2D eigenvalue weighted by atomic mass is 16.1. The molecule has 1 fully saturated rings. The Balaban J connectivity index is 2.75. The van der Waals surface area contributed by atoms with Crippen molar-refractivity contribution in [2.75, 3.05) is 19.6 Å². The molecule has 0 aliphatic carbocycles. The minimum Gasteiger partial charge on any atom is -0.340 e. The van der Waals surface area contributed by atoms with Crippen molar-refractivity contribution in [2.24, 2.45) is 0 Å². The molecule has 1 heterocycles. The summed E-state index contributed by atoms with van der Waals surface area (Å²) >= 11 is 0. The lowest BCUT2D eigenvalue weighted by atomic mass is 10.1. The molecule has 1 aliphatic heterocycles. The van der Waals surface area contributed by atoms with Gasteiger partial charge < -0.3 is 9.80 Å². The number of ketones is 1. The Kier molecular flexibility index (Phi) is 5.62. The highest BCUT2D eigenvalue weighted by Gasteiger charge is 2.22. The summed E-state index contributed by atoms with van der Waals surface area (Å²) in [5, 5.41) is 0. The summed E-state index contributed by atoms with van der Waals surface area (Å²) < 4.78 is 0. The summed E-state index contributed by atoms with van der Waals surface area (Å²) in [4.78, 5) is 26.0. The zero-order valence-electron chi connectivity index (χ0n) is 11.3. The minimum atomic E-state index is 0.0619. The van der Waals surface area contributed by atoms with Crippen molar-refractivity contribution in [2.45, 2.75) is 33.1 Å². The Bertz CT molecular complexity index is 361. The Morgan fingerprint density at radius 1 is 1.44 bits per heavy atom. The maximum atomic E-state index is 11.7. The van der Waals surface area contributed by atoms with Crippen LogP contribution in [0.25, 0.3) is 0 Å². The van der Waals surface area contributed by atoms with Crippen molar-refractivity contribution in [1.29, 1.82) is 0 Å². The molecule has 100 valence electrons. The van der Waals surface area contributed by atoms with Gasteiger partial charge in [0.25, 0.3) is 0 Å². The lowest BCUT2D eigenvalue weighted by Crippen LogP contribution is -2.44. The quantitative estimate of drug-likeness (QED) is 0.411. The van der Waals surface area contributed by atoms with Crippen molar-refractivity contribution in [1.82, 2.24) is 9.80 Å². The largest absolute Gasteiger partial charge is 0.340 e. The van der Waals surface area contributed by atoms with E-state index in [1.807, 2.05) is 11.0 Å². The summed E-state index contributed by atoms with van der Waals surface area (Å²) in [6.07, 6.45) is 5.93. The van der Waals surface area contributed by atoms with Crippen LogP contribution in [-0.2, 0) is 9.59 Å². The summed E-state index contributed by atoms with van der Waals surface area (Å²) in [5.74, 6) is 0.0619. The Morgan fingerprint density at radius 3 is 2.67 bits per heavy atom. The maximum Gasteiger partial charge on any atom is 0.210 e. The molecule has 0 atom stereocenters. The molecule has 1 saturated heterocycles. The monoisotopic (exact) mass is 250 g/mol. The number of amides is 1. The van der Waals surface area contributed by atoms with Gasteiger partial charge in [-0.05, 0) is 12.8 Å². The first-order chi connectivity index (χ1) is 8.60. The molecule has 0 saturated carbocycles. The number of unbranched alkanes of at least 4 members (excludes halogenated alkanes) is 2. The number of carbonyl (C=O) groups is 2. The highest BCUT2D eigenvalue weighted by Crippen LogP contribution is 2.18. The molecule has 0 aromatic heterocycles. The van der Waals surface area contributed by atoms with Crippen LogP contribution >= 0.6 is 0 Å². The molecule has 1 aliphatic rings.